The Hall–Kier alpha value is -1.84. The van der Waals surface area contributed by atoms with Gasteiger partial charge in [0.15, 0.2) is 0 Å². The van der Waals surface area contributed by atoms with Gasteiger partial charge in [0.25, 0.3) is 0 Å². The van der Waals surface area contributed by atoms with E-state index in [9.17, 15) is 9.59 Å². The third-order valence-corrected chi connectivity index (χ3v) is 3.80. The molecule has 0 spiro atoms. The van der Waals surface area contributed by atoms with E-state index in [-0.39, 0.29) is 17.7 Å². The molecule has 1 saturated carbocycles. The molecule has 19 heavy (non-hydrogen) atoms. The predicted molar refractivity (Wildman–Crippen MR) is 73.0 cm³/mol. The summed E-state index contributed by atoms with van der Waals surface area (Å²) in [6.07, 6.45) is 4.02. The molecule has 0 heterocycles. The molecule has 0 bridgehead atoms. The van der Waals surface area contributed by atoms with Crippen molar-refractivity contribution in [1.82, 2.24) is 0 Å². The van der Waals surface area contributed by atoms with Crippen LogP contribution in [-0.2, 0) is 16.0 Å². The number of carbonyl (C=O) groups excluding carboxylic acids is 1. The van der Waals surface area contributed by atoms with Crippen LogP contribution in [0.3, 0.4) is 0 Å². The first-order valence-corrected chi connectivity index (χ1v) is 6.62. The van der Waals surface area contributed by atoms with E-state index < -0.39 is 5.97 Å². The number of carboxylic acid groups (broad SMARTS) is 1. The van der Waals surface area contributed by atoms with Crippen LogP contribution in [0.15, 0.2) is 24.3 Å². The molecule has 2 rings (SSSR count). The molecule has 0 aromatic heterocycles. The van der Waals surface area contributed by atoms with Crippen LogP contribution in [0.4, 0.5) is 5.69 Å². The number of carbonyl (C=O) groups is 2. The highest BCUT2D eigenvalue weighted by atomic mass is 16.4. The molecule has 1 aliphatic carbocycles. The Labute approximate surface area is 112 Å². The number of benzene rings is 1. The molecule has 1 aliphatic rings. The van der Waals surface area contributed by atoms with E-state index in [1.807, 2.05) is 6.92 Å². The number of amides is 1. The summed E-state index contributed by atoms with van der Waals surface area (Å²) < 4.78 is 0. The Morgan fingerprint density at radius 3 is 2.63 bits per heavy atom. The Morgan fingerprint density at radius 1 is 1.32 bits per heavy atom. The molecular weight excluding hydrogens is 242 g/mol. The number of anilines is 1. The van der Waals surface area contributed by atoms with Crippen molar-refractivity contribution in [3.63, 3.8) is 0 Å². The predicted octanol–water partition coefficient (Wildman–Crippen LogP) is 2.83. The molecule has 4 heteroatoms. The van der Waals surface area contributed by atoms with E-state index >= 15 is 0 Å². The van der Waals surface area contributed by atoms with Crippen molar-refractivity contribution in [2.24, 2.45) is 5.41 Å². The average Bonchev–Trinajstić information content (AvgIpc) is 2.77. The lowest BCUT2D eigenvalue weighted by Gasteiger charge is -2.22. The smallest absolute Gasteiger partial charge is 0.307 e. The van der Waals surface area contributed by atoms with Crippen LogP contribution in [-0.4, -0.2) is 17.0 Å². The Morgan fingerprint density at radius 2 is 2.00 bits per heavy atom. The van der Waals surface area contributed by atoms with Crippen LogP contribution in [0, 0.1) is 5.41 Å². The summed E-state index contributed by atoms with van der Waals surface area (Å²) in [4.78, 5) is 22.9. The number of carboxylic acids is 1. The van der Waals surface area contributed by atoms with Gasteiger partial charge in [0.1, 0.15) is 0 Å². The van der Waals surface area contributed by atoms with Crippen molar-refractivity contribution in [2.75, 3.05) is 5.32 Å². The van der Waals surface area contributed by atoms with E-state index in [0.717, 1.165) is 25.7 Å². The zero-order valence-electron chi connectivity index (χ0n) is 11.1. The van der Waals surface area contributed by atoms with Gasteiger partial charge in [0, 0.05) is 11.1 Å². The first-order valence-electron chi connectivity index (χ1n) is 6.62. The van der Waals surface area contributed by atoms with Crippen molar-refractivity contribution >= 4 is 17.6 Å². The Balaban J connectivity index is 2.06. The van der Waals surface area contributed by atoms with E-state index in [1.54, 1.807) is 24.3 Å². The molecule has 2 N–H and O–H groups in total. The van der Waals surface area contributed by atoms with Gasteiger partial charge in [0.05, 0.1) is 6.42 Å². The van der Waals surface area contributed by atoms with Gasteiger partial charge in [-0.25, -0.2) is 0 Å². The second-order valence-corrected chi connectivity index (χ2v) is 5.49. The molecule has 0 atom stereocenters. The summed E-state index contributed by atoms with van der Waals surface area (Å²) in [5, 5.41) is 11.7. The molecule has 1 aromatic rings. The fraction of sp³-hybridized carbons (Fsp3) is 0.467. The molecule has 102 valence electrons. The van der Waals surface area contributed by atoms with E-state index in [0.29, 0.717) is 11.3 Å². The van der Waals surface area contributed by atoms with Gasteiger partial charge >= 0.3 is 5.97 Å². The molecule has 0 unspecified atom stereocenters. The van der Waals surface area contributed by atoms with Crippen LogP contribution >= 0.6 is 0 Å². The number of aliphatic carboxylic acids is 1. The maximum absolute atomic E-state index is 12.2. The highest BCUT2D eigenvalue weighted by molar-refractivity contribution is 5.95. The topological polar surface area (TPSA) is 66.4 Å². The summed E-state index contributed by atoms with van der Waals surface area (Å²) in [6.45, 7) is 2.00. The van der Waals surface area contributed by atoms with Crippen molar-refractivity contribution in [2.45, 2.75) is 39.0 Å². The molecule has 0 radical (unpaired) electrons. The van der Waals surface area contributed by atoms with Crippen LogP contribution in [0.25, 0.3) is 0 Å². The zero-order chi connectivity index (χ0) is 13.9. The second-order valence-electron chi connectivity index (χ2n) is 5.49. The Bertz CT molecular complexity index is 490. The number of hydrogen-bond donors (Lipinski definition) is 2. The first-order chi connectivity index (χ1) is 8.99. The van der Waals surface area contributed by atoms with E-state index in [4.69, 9.17) is 5.11 Å². The molecule has 1 fully saturated rings. The number of nitrogens with one attached hydrogen (secondary N) is 1. The largest absolute Gasteiger partial charge is 0.481 e. The van der Waals surface area contributed by atoms with Gasteiger partial charge in [-0.15, -0.1) is 0 Å². The average molecular weight is 261 g/mol. The van der Waals surface area contributed by atoms with Gasteiger partial charge in [-0.3, -0.25) is 9.59 Å². The minimum absolute atomic E-state index is 0.0268. The highest BCUT2D eigenvalue weighted by Gasteiger charge is 2.36. The zero-order valence-corrected chi connectivity index (χ0v) is 11.1. The van der Waals surface area contributed by atoms with Gasteiger partial charge < -0.3 is 10.4 Å². The molecule has 0 saturated heterocycles. The lowest BCUT2D eigenvalue weighted by Crippen LogP contribution is -2.30. The molecule has 0 aliphatic heterocycles. The highest BCUT2D eigenvalue weighted by Crippen LogP contribution is 2.38. The maximum atomic E-state index is 12.2. The maximum Gasteiger partial charge on any atom is 0.307 e. The fourth-order valence-electron chi connectivity index (χ4n) is 2.60. The van der Waals surface area contributed by atoms with Crippen molar-refractivity contribution in [3.05, 3.63) is 29.8 Å². The molecule has 1 aromatic carbocycles. The van der Waals surface area contributed by atoms with Gasteiger partial charge in [0.2, 0.25) is 5.91 Å². The van der Waals surface area contributed by atoms with Gasteiger partial charge in [-0.1, -0.05) is 31.9 Å². The molecule has 1 amide bonds. The van der Waals surface area contributed by atoms with Gasteiger partial charge in [-0.05, 0) is 30.5 Å². The SMILES string of the molecule is CC1(C(=O)Nc2cccc(CC(=O)O)c2)CCCC1. The van der Waals surface area contributed by atoms with Gasteiger partial charge in [-0.2, -0.15) is 0 Å². The minimum Gasteiger partial charge on any atom is -0.481 e. The van der Waals surface area contributed by atoms with Crippen LogP contribution in [0.2, 0.25) is 0 Å². The molecule has 4 nitrogen and oxygen atoms in total. The lowest BCUT2D eigenvalue weighted by atomic mass is 9.88. The van der Waals surface area contributed by atoms with E-state index in [2.05, 4.69) is 5.32 Å². The number of hydrogen-bond acceptors (Lipinski definition) is 2. The summed E-state index contributed by atoms with van der Waals surface area (Å²) in [5.41, 5.74) is 1.10. The normalized spacial score (nSPS) is 17.1. The first kappa shape index (κ1) is 13.6. The lowest BCUT2D eigenvalue weighted by molar-refractivity contribution is -0.136. The summed E-state index contributed by atoms with van der Waals surface area (Å²) in [7, 11) is 0. The number of rotatable bonds is 4. The summed E-state index contributed by atoms with van der Waals surface area (Å²) >= 11 is 0. The standard InChI is InChI=1S/C15H19NO3/c1-15(7-2-3-8-15)14(19)16-12-6-4-5-11(9-12)10-13(17)18/h4-6,9H,2-3,7-8,10H2,1H3,(H,16,19)(H,17,18). The van der Waals surface area contributed by atoms with Crippen molar-refractivity contribution in [3.8, 4) is 0 Å². The third kappa shape index (κ3) is 3.34. The Kier molecular flexibility index (Phi) is 3.88. The van der Waals surface area contributed by atoms with Crippen molar-refractivity contribution < 1.29 is 14.7 Å². The monoisotopic (exact) mass is 261 g/mol. The van der Waals surface area contributed by atoms with Crippen LogP contribution in [0.1, 0.15) is 38.2 Å². The summed E-state index contributed by atoms with van der Waals surface area (Å²) in [5.74, 6) is -0.830. The fourth-order valence-corrected chi connectivity index (χ4v) is 2.60. The minimum atomic E-state index is -0.869. The van der Waals surface area contributed by atoms with Crippen LogP contribution in [0.5, 0.6) is 0 Å². The van der Waals surface area contributed by atoms with E-state index in [1.165, 1.54) is 0 Å². The third-order valence-electron chi connectivity index (χ3n) is 3.80. The quantitative estimate of drug-likeness (QED) is 0.875. The van der Waals surface area contributed by atoms with Crippen LogP contribution < -0.4 is 5.32 Å². The molecular formula is C15H19NO3. The second kappa shape index (κ2) is 5.43. The van der Waals surface area contributed by atoms with Crippen molar-refractivity contribution in [1.29, 1.82) is 0 Å². The summed E-state index contributed by atoms with van der Waals surface area (Å²) in [6, 6.07) is 7.04.